The Morgan fingerprint density at radius 3 is 2.42 bits per heavy atom. The van der Waals surface area contributed by atoms with E-state index in [0.717, 1.165) is 29.0 Å². The smallest absolute Gasteiger partial charge is 0.362 e. The predicted octanol–water partition coefficient (Wildman–Crippen LogP) is 5.65. The quantitative estimate of drug-likeness (QED) is 0.354. The average molecular weight is 631 g/mol. The van der Waals surface area contributed by atoms with Crippen molar-refractivity contribution >= 4 is 64.1 Å². The van der Waals surface area contributed by atoms with Crippen LogP contribution >= 0.6 is 46.6 Å². The van der Waals surface area contributed by atoms with Crippen LogP contribution < -0.4 is 15.2 Å². The van der Waals surface area contributed by atoms with Gasteiger partial charge in [0.25, 0.3) is 17.4 Å². The first-order valence-corrected chi connectivity index (χ1v) is 13.8. The van der Waals surface area contributed by atoms with Crippen LogP contribution in [0.3, 0.4) is 0 Å². The monoisotopic (exact) mass is 629 g/mol. The van der Waals surface area contributed by atoms with Gasteiger partial charge in [0, 0.05) is 29.4 Å². The van der Waals surface area contributed by atoms with E-state index in [0.29, 0.717) is 24.6 Å². The van der Waals surface area contributed by atoms with Gasteiger partial charge in [0.1, 0.15) is 23.6 Å². The van der Waals surface area contributed by atoms with Crippen LogP contribution in [0.4, 0.5) is 14.5 Å². The number of pyridine rings is 1. The minimum absolute atomic E-state index is 0.0547. The summed E-state index contributed by atoms with van der Waals surface area (Å²) in [5.74, 6) is -0.479. The maximum atomic E-state index is 14.0. The first-order valence-electron chi connectivity index (χ1n) is 11.8. The Kier molecular flexibility index (Phi) is 8.04. The number of carbonyl (C=O) groups excluding carboxylic acids is 2. The number of benzene rings is 2. The number of carbonyl (C=O) groups is 2. The van der Waals surface area contributed by atoms with Gasteiger partial charge in [-0.05, 0) is 53.1 Å². The summed E-state index contributed by atoms with van der Waals surface area (Å²) in [4.78, 5) is 44.5. The molecule has 210 valence electrons. The number of nitrogens with zero attached hydrogens (tertiary/aromatic N) is 2. The van der Waals surface area contributed by atoms with E-state index >= 15 is 0 Å². The number of H-pyrrole nitrogens is 1. The highest BCUT2D eigenvalue weighted by molar-refractivity contribution is 7.99. The number of methoxy groups -OCH3 is 1. The van der Waals surface area contributed by atoms with E-state index in [1.165, 1.54) is 12.0 Å². The molecule has 0 radical (unpaired) electrons. The zero-order valence-corrected chi connectivity index (χ0v) is 23.8. The zero-order valence-electron chi connectivity index (χ0n) is 20.7. The number of alkyl halides is 3. The number of hydrogen-bond acceptors (Lipinski definition) is 6. The first-order chi connectivity index (χ1) is 19.0. The van der Waals surface area contributed by atoms with E-state index in [1.54, 1.807) is 35.2 Å². The number of halogens is 5. The lowest BCUT2D eigenvalue weighted by Crippen LogP contribution is -2.41. The van der Waals surface area contributed by atoms with Gasteiger partial charge >= 0.3 is 5.38 Å². The van der Waals surface area contributed by atoms with Crippen LogP contribution in [0.2, 0.25) is 10.0 Å². The maximum Gasteiger partial charge on any atom is 0.362 e. The van der Waals surface area contributed by atoms with E-state index in [4.69, 9.17) is 44.3 Å². The van der Waals surface area contributed by atoms with Crippen molar-refractivity contribution in [3.8, 4) is 5.75 Å². The number of anilines is 1. The van der Waals surface area contributed by atoms with Crippen molar-refractivity contribution in [3.05, 3.63) is 79.2 Å². The molecule has 1 fully saturated rings. The molecule has 1 N–H and O–H groups in total. The van der Waals surface area contributed by atoms with Crippen LogP contribution in [0.5, 0.6) is 5.75 Å². The maximum absolute atomic E-state index is 14.0. The summed E-state index contributed by atoms with van der Waals surface area (Å²) in [5.41, 5.74) is -0.253. The number of aromatic amines is 1. The summed E-state index contributed by atoms with van der Waals surface area (Å²) in [6.07, 6.45) is 0. The van der Waals surface area contributed by atoms with Gasteiger partial charge in [-0.15, -0.1) is 0 Å². The van der Waals surface area contributed by atoms with Crippen LogP contribution in [0, 0.1) is 0 Å². The van der Waals surface area contributed by atoms with E-state index in [2.05, 4.69) is 0 Å². The second-order valence-corrected chi connectivity index (χ2v) is 11.3. The van der Waals surface area contributed by atoms with Crippen molar-refractivity contribution in [1.29, 1.82) is 0 Å². The molecule has 0 aliphatic carbocycles. The number of amides is 2. The Bertz CT molecular complexity index is 1560. The van der Waals surface area contributed by atoms with Gasteiger partial charge < -0.3 is 24.3 Å². The summed E-state index contributed by atoms with van der Waals surface area (Å²) in [7, 11) is 1.48. The number of rotatable bonds is 6. The lowest BCUT2D eigenvalue weighted by molar-refractivity contribution is -0.125. The number of nitrogens with one attached hydrogen (secondary N) is 1. The zero-order chi connectivity index (χ0) is 28.8. The average Bonchev–Trinajstić information content (AvgIpc) is 3.32. The van der Waals surface area contributed by atoms with E-state index in [-0.39, 0.29) is 51.0 Å². The molecular weight excluding hydrogens is 611 g/mol. The number of hydrogen-bond donors (Lipinski definition) is 1. The molecular formula is C26H20Cl3F2N3O5S. The predicted molar refractivity (Wildman–Crippen MR) is 147 cm³/mol. The third-order valence-electron chi connectivity index (χ3n) is 6.43. The molecule has 1 saturated heterocycles. The van der Waals surface area contributed by atoms with E-state index < -0.39 is 22.5 Å². The van der Waals surface area contributed by atoms with Crippen molar-refractivity contribution < 1.29 is 27.8 Å². The number of morpholine rings is 1. The van der Waals surface area contributed by atoms with Gasteiger partial charge in [-0.2, -0.15) is 8.78 Å². The number of aromatic nitrogens is 1. The van der Waals surface area contributed by atoms with Gasteiger partial charge in [-0.3, -0.25) is 14.4 Å². The Morgan fingerprint density at radius 1 is 1.12 bits per heavy atom. The van der Waals surface area contributed by atoms with Crippen LogP contribution in [-0.4, -0.2) is 48.6 Å². The molecule has 2 aliphatic rings. The molecule has 3 heterocycles. The molecule has 14 heteroatoms. The molecule has 0 saturated carbocycles. The lowest BCUT2D eigenvalue weighted by Gasteiger charge is -2.28. The van der Waals surface area contributed by atoms with Crippen molar-refractivity contribution in [2.45, 2.75) is 28.3 Å². The fourth-order valence-electron chi connectivity index (χ4n) is 4.53. The fourth-order valence-corrected chi connectivity index (χ4v) is 6.27. The molecule has 0 spiro atoms. The third kappa shape index (κ3) is 5.53. The van der Waals surface area contributed by atoms with Crippen LogP contribution in [0.15, 0.2) is 51.0 Å². The SMILES string of the molecule is COc1cc2c(cc1N1CCOCC1=O)CN(C(=O)c1c(Sc3c(Cl)cccc3Cl)cc(C(F)(F)Cl)[nH]c1=O)C2. The Balaban J connectivity index is 1.52. The first kappa shape index (κ1) is 28.7. The molecule has 40 heavy (non-hydrogen) atoms. The van der Waals surface area contributed by atoms with E-state index in [9.17, 15) is 23.2 Å². The van der Waals surface area contributed by atoms with Crippen LogP contribution in [-0.2, 0) is 28.0 Å². The summed E-state index contributed by atoms with van der Waals surface area (Å²) in [6, 6.07) is 9.14. The second-order valence-electron chi connectivity index (χ2n) is 8.95. The minimum Gasteiger partial charge on any atom is -0.495 e. The second kappa shape index (κ2) is 11.2. The van der Waals surface area contributed by atoms with Crippen molar-refractivity contribution in [3.63, 3.8) is 0 Å². The Labute approximate surface area is 246 Å². The molecule has 2 aliphatic heterocycles. The molecule has 8 nitrogen and oxygen atoms in total. The van der Waals surface area contributed by atoms with Crippen LogP contribution in [0.1, 0.15) is 27.2 Å². The molecule has 2 aromatic carbocycles. The molecule has 0 bridgehead atoms. The largest absolute Gasteiger partial charge is 0.495 e. The normalized spacial score (nSPS) is 15.4. The highest BCUT2D eigenvalue weighted by Crippen LogP contribution is 2.42. The summed E-state index contributed by atoms with van der Waals surface area (Å²) < 4.78 is 38.7. The number of fused-ring (bicyclic) bond motifs is 1. The van der Waals surface area contributed by atoms with Gasteiger partial charge in [0.05, 0.1) is 29.4 Å². The van der Waals surface area contributed by atoms with Gasteiger partial charge in [-0.25, -0.2) is 0 Å². The fraction of sp³-hybridized carbons (Fsp3) is 0.269. The van der Waals surface area contributed by atoms with Crippen molar-refractivity contribution in [1.82, 2.24) is 9.88 Å². The standard InChI is InChI=1S/C26H20Cl3F2N3O5S/c1-38-18-8-14-11-33(10-13(14)7-17(18)34-5-6-39-12-21(34)35)25(37)22-19(9-20(26(29,30)31)32-24(22)36)40-23-15(27)3-2-4-16(23)28/h2-4,7-9H,5-6,10-12H2,1H3,(H,32,36). The highest BCUT2D eigenvalue weighted by Gasteiger charge is 2.35. The molecule has 5 rings (SSSR count). The molecule has 1 aromatic heterocycles. The summed E-state index contributed by atoms with van der Waals surface area (Å²) in [6.45, 7) is 0.876. The van der Waals surface area contributed by atoms with Crippen molar-refractivity contribution in [2.24, 2.45) is 0 Å². The summed E-state index contributed by atoms with van der Waals surface area (Å²) in [5, 5.41) is -3.48. The third-order valence-corrected chi connectivity index (χ3v) is 8.68. The highest BCUT2D eigenvalue weighted by atomic mass is 35.5. The molecule has 0 unspecified atom stereocenters. The minimum atomic E-state index is -3.89. The van der Waals surface area contributed by atoms with Gasteiger partial charge in [0.15, 0.2) is 0 Å². The van der Waals surface area contributed by atoms with Gasteiger partial charge in [-0.1, -0.05) is 41.0 Å². The Morgan fingerprint density at radius 2 is 1.80 bits per heavy atom. The molecule has 0 atom stereocenters. The van der Waals surface area contributed by atoms with Crippen molar-refractivity contribution in [2.75, 3.05) is 31.8 Å². The van der Waals surface area contributed by atoms with E-state index in [1.807, 2.05) is 4.98 Å². The lowest BCUT2D eigenvalue weighted by atomic mass is 10.1. The topological polar surface area (TPSA) is 91.9 Å². The number of ether oxygens (including phenoxy) is 2. The Hall–Kier alpha value is -2.83. The van der Waals surface area contributed by atoms with Crippen LogP contribution in [0.25, 0.3) is 0 Å². The summed E-state index contributed by atoms with van der Waals surface area (Å²) >= 11 is 18.6. The van der Waals surface area contributed by atoms with Gasteiger partial charge in [0.2, 0.25) is 0 Å². The molecule has 2 amide bonds. The molecule has 3 aromatic rings.